The van der Waals surface area contributed by atoms with Gasteiger partial charge in [0, 0.05) is 43.3 Å². The second kappa shape index (κ2) is 8.98. The van der Waals surface area contributed by atoms with E-state index in [1.165, 1.54) is 0 Å². The van der Waals surface area contributed by atoms with Gasteiger partial charge in [-0.15, -0.1) is 0 Å². The van der Waals surface area contributed by atoms with E-state index in [9.17, 15) is 9.90 Å². The Morgan fingerprint density at radius 3 is 2.69 bits per heavy atom. The van der Waals surface area contributed by atoms with Gasteiger partial charge in [0.05, 0.1) is 18.3 Å². The molecule has 1 aliphatic rings. The molecule has 7 nitrogen and oxygen atoms in total. The maximum Gasteiger partial charge on any atom is 0.251 e. The summed E-state index contributed by atoms with van der Waals surface area (Å²) >= 11 is 0. The molecule has 1 fully saturated rings. The Morgan fingerprint density at radius 1 is 1.17 bits per heavy atom. The highest BCUT2D eigenvalue weighted by Crippen LogP contribution is 2.20. The van der Waals surface area contributed by atoms with Gasteiger partial charge in [0.1, 0.15) is 0 Å². The topological polar surface area (TPSA) is 89.3 Å². The van der Waals surface area contributed by atoms with E-state index < -0.39 is 6.04 Å². The van der Waals surface area contributed by atoms with Crippen molar-refractivity contribution in [3.63, 3.8) is 0 Å². The number of aliphatic hydroxyl groups excluding tert-OH is 1. The van der Waals surface area contributed by atoms with Gasteiger partial charge in [-0.1, -0.05) is 30.3 Å². The fourth-order valence-corrected chi connectivity index (χ4v) is 3.55. The molecule has 150 valence electrons. The van der Waals surface area contributed by atoms with Crippen LogP contribution in [0.15, 0.2) is 65.7 Å². The summed E-state index contributed by atoms with van der Waals surface area (Å²) in [6, 6.07) is 14.5. The lowest BCUT2D eigenvalue weighted by atomic mass is 10.1. The number of aliphatic hydroxyl groups is 1. The van der Waals surface area contributed by atoms with Crippen LogP contribution in [0, 0.1) is 0 Å². The van der Waals surface area contributed by atoms with Crippen LogP contribution < -0.4 is 10.9 Å². The summed E-state index contributed by atoms with van der Waals surface area (Å²) in [4.78, 5) is 21.6. The van der Waals surface area contributed by atoms with E-state index in [0.717, 1.165) is 31.6 Å². The molecule has 2 N–H and O–H groups in total. The molecule has 2 aromatic heterocycles. The van der Waals surface area contributed by atoms with E-state index in [1.54, 1.807) is 29.1 Å². The molecule has 0 bridgehead atoms. The third kappa shape index (κ3) is 4.52. The van der Waals surface area contributed by atoms with Crippen molar-refractivity contribution >= 4 is 5.95 Å². The molecule has 3 heterocycles. The van der Waals surface area contributed by atoms with Crippen LogP contribution in [0.4, 0.5) is 5.95 Å². The van der Waals surface area contributed by atoms with Gasteiger partial charge >= 0.3 is 0 Å². The van der Waals surface area contributed by atoms with E-state index in [1.807, 2.05) is 36.4 Å². The molecular formula is C22H24N4O3. The molecule has 1 unspecified atom stereocenters. The Labute approximate surface area is 169 Å². The lowest BCUT2D eigenvalue weighted by Gasteiger charge is -2.23. The molecule has 0 amide bonds. The van der Waals surface area contributed by atoms with Gasteiger partial charge in [-0.05, 0) is 30.5 Å². The Kier molecular flexibility index (Phi) is 5.97. The minimum atomic E-state index is -0.422. The summed E-state index contributed by atoms with van der Waals surface area (Å²) in [5.74, 6) is 0.552. The third-order valence-corrected chi connectivity index (χ3v) is 5.15. The second-order valence-electron chi connectivity index (χ2n) is 7.07. The summed E-state index contributed by atoms with van der Waals surface area (Å²) in [6.07, 6.45) is 5.24. The molecule has 4 rings (SSSR count). The van der Waals surface area contributed by atoms with E-state index in [0.29, 0.717) is 23.2 Å². The van der Waals surface area contributed by atoms with Crippen molar-refractivity contribution < 1.29 is 9.84 Å². The average molecular weight is 392 g/mol. The first kappa shape index (κ1) is 19.3. The van der Waals surface area contributed by atoms with Crippen LogP contribution in [-0.4, -0.2) is 45.5 Å². The van der Waals surface area contributed by atoms with Gasteiger partial charge in [-0.2, -0.15) is 0 Å². The maximum absolute atomic E-state index is 12.8. The maximum atomic E-state index is 12.8. The fraction of sp³-hybridized carbons (Fsp3) is 0.318. The number of hydrogen-bond donors (Lipinski definition) is 2. The van der Waals surface area contributed by atoms with Gasteiger partial charge in [0.25, 0.3) is 5.56 Å². The largest absolute Gasteiger partial charge is 0.394 e. The Hall–Kier alpha value is -3.03. The Balaban J connectivity index is 1.58. The van der Waals surface area contributed by atoms with Gasteiger partial charge in [0.15, 0.2) is 0 Å². The van der Waals surface area contributed by atoms with Crippen molar-refractivity contribution in [2.75, 3.05) is 25.1 Å². The fourth-order valence-electron chi connectivity index (χ4n) is 3.55. The molecule has 29 heavy (non-hydrogen) atoms. The Bertz CT molecular complexity index is 1000. The lowest BCUT2D eigenvalue weighted by Crippen LogP contribution is -2.28. The minimum Gasteiger partial charge on any atom is -0.394 e. The van der Waals surface area contributed by atoms with Crippen LogP contribution in [-0.2, 0) is 4.74 Å². The molecule has 1 aliphatic heterocycles. The summed E-state index contributed by atoms with van der Waals surface area (Å²) in [5.41, 5.74) is 2.09. The number of pyridine rings is 1. The molecule has 3 aromatic rings. The van der Waals surface area contributed by atoms with E-state index in [4.69, 9.17) is 4.74 Å². The van der Waals surface area contributed by atoms with Crippen LogP contribution in [0.2, 0.25) is 0 Å². The smallest absolute Gasteiger partial charge is 0.251 e. The summed E-state index contributed by atoms with van der Waals surface area (Å²) in [7, 11) is 0. The number of nitrogens with zero attached hydrogens (tertiary/aromatic N) is 3. The standard InChI is InChI=1S/C22H24N4O3/c27-15-20(16-4-2-1-3-5-16)26-11-7-17(14-21(26)28)19-6-10-23-22(25-19)24-18-8-12-29-13-9-18/h1-7,10-11,14,18,20,27H,8-9,12-13,15H2,(H,23,24,25). The highest BCUT2D eigenvalue weighted by molar-refractivity contribution is 5.59. The molecular weight excluding hydrogens is 368 g/mol. The van der Waals surface area contributed by atoms with Gasteiger partial charge in [-0.25, -0.2) is 9.97 Å². The molecule has 1 aromatic carbocycles. The summed E-state index contributed by atoms with van der Waals surface area (Å²) in [5, 5.41) is 13.2. The van der Waals surface area contributed by atoms with Crippen LogP contribution in [0.5, 0.6) is 0 Å². The van der Waals surface area contributed by atoms with Gasteiger partial charge in [-0.3, -0.25) is 4.79 Å². The average Bonchev–Trinajstić information content (AvgIpc) is 2.77. The first-order valence-corrected chi connectivity index (χ1v) is 9.80. The number of hydrogen-bond acceptors (Lipinski definition) is 6. The number of nitrogens with one attached hydrogen (secondary N) is 1. The normalized spacial score (nSPS) is 15.8. The molecule has 7 heteroatoms. The zero-order valence-electron chi connectivity index (χ0n) is 16.1. The van der Waals surface area contributed by atoms with Crippen molar-refractivity contribution in [3.8, 4) is 11.3 Å². The Morgan fingerprint density at radius 2 is 1.97 bits per heavy atom. The molecule has 0 spiro atoms. The second-order valence-corrected chi connectivity index (χ2v) is 7.07. The number of anilines is 1. The summed E-state index contributed by atoms with van der Waals surface area (Å²) < 4.78 is 6.92. The first-order valence-electron chi connectivity index (χ1n) is 9.80. The van der Waals surface area contributed by atoms with Crippen molar-refractivity contribution in [1.29, 1.82) is 0 Å². The molecule has 0 radical (unpaired) electrons. The zero-order valence-corrected chi connectivity index (χ0v) is 16.1. The minimum absolute atomic E-state index is 0.157. The van der Waals surface area contributed by atoms with Crippen molar-refractivity contribution in [2.45, 2.75) is 24.9 Å². The number of benzene rings is 1. The lowest BCUT2D eigenvalue weighted by molar-refractivity contribution is 0.0903. The van der Waals surface area contributed by atoms with E-state index in [2.05, 4.69) is 15.3 Å². The summed E-state index contributed by atoms with van der Waals surface area (Å²) in [6.45, 7) is 1.32. The van der Waals surface area contributed by atoms with Crippen molar-refractivity contribution in [3.05, 3.63) is 76.8 Å². The molecule has 0 saturated carbocycles. The zero-order chi connectivity index (χ0) is 20.1. The van der Waals surface area contributed by atoms with Crippen LogP contribution in [0.25, 0.3) is 11.3 Å². The van der Waals surface area contributed by atoms with Crippen molar-refractivity contribution in [2.24, 2.45) is 0 Å². The third-order valence-electron chi connectivity index (χ3n) is 5.15. The van der Waals surface area contributed by atoms with Crippen molar-refractivity contribution in [1.82, 2.24) is 14.5 Å². The monoisotopic (exact) mass is 392 g/mol. The quantitative estimate of drug-likeness (QED) is 0.670. The molecule has 1 atom stereocenters. The van der Waals surface area contributed by atoms with E-state index >= 15 is 0 Å². The van der Waals surface area contributed by atoms with Gasteiger partial charge in [0.2, 0.25) is 5.95 Å². The highest BCUT2D eigenvalue weighted by atomic mass is 16.5. The molecule has 0 aliphatic carbocycles. The van der Waals surface area contributed by atoms with Gasteiger partial charge < -0.3 is 19.7 Å². The number of aromatic nitrogens is 3. The first-order chi connectivity index (χ1) is 14.2. The van der Waals surface area contributed by atoms with Crippen LogP contribution in [0.1, 0.15) is 24.4 Å². The predicted molar refractivity (Wildman–Crippen MR) is 111 cm³/mol. The van der Waals surface area contributed by atoms with Crippen LogP contribution >= 0.6 is 0 Å². The van der Waals surface area contributed by atoms with Crippen LogP contribution in [0.3, 0.4) is 0 Å². The molecule has 1 saturated heterocycles. The van der Waals surface area contributed by atoms with E-state index in [-0.39, 0.29) is 12.2 Å². The number of ether oxygens (including phenoxy) is 1. The predicted octanol–water partition coefficient (Wildman–Crippen LogP) is 2.48. The number of rotatable bonds is 6. The SMILES string of the molecule is O=c1cc(-c2ccnc(NC3CCOCC3)n2)ccn1C(CO)c1ccccc1. The highest BCUT2D eigenvalue weighted by Gasteiger charge is 2.16.